The third-order valence-corrected chi connectivity index (χ3v) is 2.52. The number of aromatic nitrogens is 3. The normalized spacial score (nSPS) is 10.2. The fourth-order valence-corrected chi connectivity index (χ4v) is 1.59. The third kappa shape index (κ3) is 3.15. The van der Waals surface area contributed by atoms with E-state index in [-0.39, 0.29) is 18.0 Å². The summed E-state index contributed by atoms with van der Waals surface area (Å²) in [5.41, 5.74) is 1.45. The van der Waals surface area contributed by atoms with Crippen molar-refractivity contribution in [1.82, 2.24) is 14.8 Å². The number of aromatic carboxylic acids is 1. The fourth-order valence-electron chi connectivity index (χ4n) is 1.59. The number of rotatable bonds is 4. The molecular weight excluding hydrogens is 248 g/mol. The molecule has 7 nitrogen and oxygen atoms in total. The zero-order valence-corrected chi connectivity index (χ0v) is 10.2. The number of amides is 1. The Bertz CT molecular complexity index is 607. The monoisotopic (exact) mass is 260 g/mol. The van der Waals surface area contributed by atoms with Crippen LogP contribution in [0.25, 0.3) is 0 Å². The van der Waals surface area contributed by atoms with Crippen molar-refractivity contribution in [3.05, 3.63) is 42.0 Å². The highest BCUT2D eigenvalue weighted by molar-refractivity contribution is 5.93. The highest BCUT2D eigenvalue weighted by atomic mass is 16.4. The lowest BCUT2D eigenvalue weighted by Crippen LogP contribution is -2.19. The van der Waals surface area contributed by atoms with E-state index in [1.165, 1.54) is 29.5 Å². The molecule has 0 aliphatic heterocycles. The van der Waals surface area contributed by atoms with Crippen LogP contribution in [0.2, 0.25) is 0 Å². The first-order valence-corrected chi connectivity index (χ1v) is 5.52. The number of nitrogens with one attached hydrogen (secondary N) is 1. The van der Waals surface area contributed by atoms with Crippen molar-refractivity contribution in [3.8, 4) is 0 Å². The van der Waals surface area contributed by atoms with E-state index < -0.39 is 5.97 Å². The first kappa shape index (κ1) is 12.7. The molecule has 98 valence electrons. The van der Waals surface area contributed by atoms with Crippen LogP contribution in [-0.4, -0.2) is 31.7 Å². The maximum absolute atomic E-state index is 11.7. The van der Waals surface area contributed by atoms with Gasteiger partial charge in [0, 0.05) is 5.69 Å². The largest absolute Gasteiger partial charge is 0.478 e. The molecule has 0 spiro atoms. The molecule has 0 atom stereocenters. The molecule has 1 aromatic carbocycles. The maximum atomic E-state index is 11.7. The van der Waals surface area contributed by atoms with Gasteiger partial charge in [0.05, 0.1) is 5.56 Å². The molecule has 0 radical (unpaired) electrons. The zero-order valence-electron chi connectivity index (χ0n) is 10.2. The Morgan fingerprint density at radius 3 is 2.79 bits per heavy atom. The van der Waals surface area contributed by atoms with E-state index in [1.54, 1.807) is 13.0 Å². The summed E-state index contributed by atoms with van der Waals surface area (Å²) >= 11 is 0. The van der Waals surface area contributed by atoms with Crippen LogP contribution in [0, 0.1) is 6.92 Å². The molecule has 0 saturated heterocycles. The second kappa shape index (κ2) is 5.30. The smallest absolute Gasteiger partial charge is 0.335 e. The maximum Gasteiger partial charge on any atom is 0.335 e. The summed E-state index contributed by atoms with van der Waals surface area (Å²) in [6, 6.07) is 4.52. The first-order chi connectivity index (χ1) is 9.06. The summed E-state index contributed by atoms with van der Waals surface area (Å²) in [6.07, 6.45) is 2.79. The lowest BCUT2D eigenvalue weighted by molar-refractivity contribution is -0.116. The molecule has 0 aliphatic rings. The van der Waals surface area contributed by atoms with E-state index in [2.05, 4.69) is 15.4 Å². The second-order valence-electron chi connectivity index (χ2n) is 3.98. The second-order valence-corrected chi connectivity index (χ2v) is 3.98. The average Bonchev–Trinajstić information content (AvgIpc) is 2.84. The van der Waals surface area contributed by atoms with Gasteiger partial charge in [0.15, 0.2) is 0 Å². The molecule has 0 unspecified atom stereocenters. The molecule has 1 aromatic heterocycles. The van der Waals surface area contributed by atoms with Crippen molar-refractivity contribution in [1.29, 1.82) is 0 Å². The van der Waals surface area contributed by atoms with Crippen molar-refractivity contribution in [2.45, 2.75) is 13.5 Å². The number of benzene rings is 1. The van der Waals surface area contributed by atoms with Gasteiger partial charge in [0.25, 0.3) is 0 Å². The van der Waals surface area contributed by atoms with Crippen molar-refractivity contribution in [3.63, 3.8) is 0 Å². The molecule has 2 N–H and O–H groups in total. The van der Waals surface area contributed by atoms with Crippen LogP contribution in [0.3, 0.4) is 0 Å². The Balaban J connectivity index is 2.07. The first-order valence-electron chi connectivity index (χ1n) is 5.52. The van der Waals surface area contributed by atoms with Gasteiger partial charge in [-0.15, -0.1) is 0 Å². The Hall–Kier alpha value is -2.70. The van der Waals surface area contributed by atoms with Crippen LogP contribution >= 0.6 is 0 Å². The predicted molar refractivity (Wildman–Crippen MR) is 66.8 cm³/mol. The molecule has 7 heteroatoms. The van der Waals surface area contributed by atoms with Crippen molar-refractivity contribution < 1.29 is 14.7 Å². The highest BCUT2D eigenvalue weighted by Crippen LogP contribution is 2.16. The number of carbonyl (C=O) groups is 2. The Morgan fingerprint density at radius 1 is 1.42 bits per heavy atom. The fraction of sp³-hybridized carbons (Fsp3) is 0.167. The molecule has 2 rings (SSSR count). The number of hydrogen-bond acceptors (Lipinski definition) is 4. The van der Waals surface area contributed by atoms with Crippen LogP contribution < -0.4 is 5.32 Å². The van der Waals surface area contributed by atoms with Gasteiger partial charge in [0.2, 0.25) is 5.91 Å². The lowest BCUT2D eigenvalue weighted by atomic mass is 10.1. The van der Waals surface area contributed by atoms with E-state index in [4.69, 9.17) is 5.11 Å². The number of aryl methyl sites for hydroxylation is 1. The summed E-state index contributed by atoms with van der Waals surface area (Å²) in [5.74, 6) is -1.25. The number of hydrogen-bond donors (Lipinski definition) is 2. The minimum Gasteiger partial charge on any atom is -0.478 e. The highest BCUT2D eigenvalue weighted by Gasteiger charge is 2.09. The van der Waals surface area contributed by atoms with E-state index in [1.807, 2.05) is 0 Å². The standard InChI is InChI=1S/C12H12N4O3/c1-8-4-9(12(18)19)2-3-10(8)15-11(17)5-16-7-13-6-14-16/h2-4,6-7H,5H2,1H3,(H,15,17)(H,18,19). The number of nitrogens with zero attached hydrogens (tertiary/aromatic N) is 3. The molecule has 19 heavy (non-hydrogen) atoms. The van der Waals surface area contributed by atoms with Gasteiger partial charge in [-0.1, -0.05) is 0 Å². The zero-order chi connectivity index (χ0) is 13.8. The summed E-state index contributed by atoms with van der Waals surface area (Å²) in [6.45, 7) is 1.79. The minimum absolute atomic E-state index is 0.0557. The van der Waals surface area contributed by atoms with Crippen LogP contribution in [0.4, 0.5) is 5.69 Å². The van der Waals surface area contributed by atoms with Gasteiger partial charge in [0.1, 0.15) is 19.2 Å². The van der Waals surface area contributed by atoms with Gasteiger partial charge in [-0.25, -0.2) is 14.5 Å². The number of carbonyl (C=O) groups excluding carboxylic acids is 1. The number of carboxylic acids is 1. The molecule has 0 saturated carbocycles. The molecule has 0 fully saturated rings. The van der Waals surface area contributed by atoms with Crippen LogP contribution in [0.5, 0.6) is 0 Å². The van der Waals surface area contributed by atoms with E-state index >= 15 is 0 Å². The van der Waals surface area contributed by atoms with E-state index in [0.29, 0.717) is 11.3 Å². The van der Waals surface area contributed by atoms with Gasteiger partial charge in [-0.2, -0.15) is 5.10 Å². The Kier molecular flexibility index (Phi) is 3.56. The summed E-state index contributed by atoms with van der Waals surface area (Å²) in [4.78, 5) is 26.3. The molecule has 0 bridgehead atoms. The van der Waals surface area contributed by atoms with E-state index in [0.717, 1.165) is 0 Å². The summed E-state index contributed by atoms with van der Waals surface area (Å²) < 4.78 is 1.40. The Labute approximate surface area is 108 Å². The SMILES string of the molecule is Cc1cc(C(=O)O)ccc1NC(=O)Cn1cncn1. The van der Waals surface area contributed by atoms with Crippen molar-refractivity contribution in [2.75, 3.05) is 5.32 Å². The summed E-state index contributed by atoms with van der Waals surface area (Å²) in [7, 11) is 0. The topological polar surface area (TPSA) is 97.1 Å². The van der Waals surface area contributed by atoms with Crippen molar-refractivity contribution >= 4 is 17.6 Å². The van der Waals surface area contributed by atoms with Crippen LogP contribution in [-0.2, 0) is 11.3 Å². The van der Waals surface area contributed by atoms with Crippen molar-refractivity contribution in [2.24, 2.45) is 0 Å². The molecule has 1 heterocycles. The predicted octanol–water partition coefficient (Wildman–Crippen LogP) is 0.923. The minimum atomic E-state index is -0.997. The molecule has 1 amide bonds. The van der Waals surface area contributed by atoms with Crippen LogP contribution in [0.15, 0.2) is 30.9 Å². The molecule has 2 aromatic rings. The number of carboxylic acid groups (broad SMARTS) is 1. The lowest BCUT2D eigenvalue weighted by Gasteiger charge is -2.09. The van der Waals surface area contributed by atoms with Gasteiger partial charge in [-0.3, -0.25) is 4.79 Å². The summed E-state index contributed by atoms with van der Waals surface area (Å²) in [5, 5.41) is 15.4. The van der Waals surface area contributed by atoms with Crippen LogP contribution in [0.1, 0.15) is 15.9 Å². The van der Waals surface area contributed by atoms with Gasteiger partial charge in [-0.05, 0) is 30.7 Å². The number of anilines is 1. The molecule has 0 aliphatic carbocycles. The third-order valence-electron chi connectivity index (χ3n) is 2.52. The average molecular weight is 260 g/mol. The Morgan fingerprint density at radius 2 is 2.21 bits per heavy atom. The van der Waals surface area contributed by atoms with Gasteiger partial charge < -0.3 is 10.4 Å². The molecular formula is C12H12N4O3. The quantitative estimate of drug-likeness (QED) is 0.852. The van der Waals surface area contributed by atoms with Gasteiger partial charge >= 0.3 is 5.97 Å². The van der Waals surface area contributed by atoms with E-state index in [9.17, 15) is 9.59 Å².